The maximum absolute atomic E-state index is 11.8. The fourth-order valence-electron chi connectivity index (χ4n) is 1.99. The van der Waals surface area contributed by atoms with E-state index in [1.807, 2.05) is 20.8 Å². The van der Waals surface area contributed by atoms with Crippen molar-refractivity contribution in [3.05, 3.63) is 0 Å². The van der Waals surface area contributed by atoms with Crippen LogP contribution in [0.3, 0.4) is 0 Å². The maximum atomic E-state index is 11.8. The number of aliphatic hydroxyl groups is 1. The average molecular weight is 260 g/mol. The second-order valence-electron chi connectivity index (χ2n) is 5.11. The van der Waals surface area contributed by atoms with E-state index in [0.717, 1.165) is 0 Å². The Hall–Kier alpha value is -1.34. The Kier molecular flexibility index (Phi) is 4.53. The monoisotopic (exact) mass is 260 g/mol. The average Bonchev–Trinajstić information content (AvgIpc) is 2.22. The molecule has 0 aliphatic carbocycles. The molecule has 0 radical (unpaired) electrons. The van der Waals surface area contributed by atoms with Crippen LogP contribution in [0.1, 0.15) is 20.8 Å². The van der Waals surface area contributed by atoms with Gasteiger partial charge in [0, 0.05) is 6.54 Å². The minimum absolute atomic E-state index is 0.0797. The highest BCUT2D eigenvalue weighted by Crippen LogP contribution is 2.20. The van der Waals surface area contributed by atoms with Crippen LogP contribution in [-0.2, 0) is 9.53 Å². The Bertz CT molecular complexity index is 331. The third-order valence-electron chi connectivity index (χ3n) is 2.59. The molecule has 7 nitrogen and oxygen atoms in total. The molecule has 1 fully saturated rings. The van der Waals surface area contributed by atoms with Crippen molar-refractivity contribution in [2.24, 2.45) is 0 Å². The second kappa shape index (κ2) is 5.53. The van der Waals surface area contributed by atoms with Crippen LogP contribution in [0.25, 0.3) is 0 Å². The third-order valence-corrected chi connectivity index (χ3v) is 2.59. The van der Waals surface area contributed by atoms with E-state index >= 15 is 0 Å². The van der Waals surface area contributed by atoms with Crippen LogP contribution >= 0.6 is 0 Å². The van der Waals surface area contributed by atoms with Crippen molar-refractivity contribution in [2.45, 2.75) is 38.6 Å². The molecule has 0 spiro atoms. The molecule has 104 valence electrons. The number of hydrogen-bond acceptors (Lipinski definition) is 4. The van der Waals surface area contributed by atoms with E-state index in [0.29, 0.717) is 13.1 Å². The summed E-state index contributed by atoms with van der Waals surface area (Å²) in [6, 6.07) is -0.390. The summed E-state index contributed by atoms with van der Waals surface area (Å²) in [5.74, 6) is -1.36. The number of aliphatic hydroxyl groups excluding tert-OH is 1. The maximum Gasteiger partial charge on any atom is 0.334 e. The van der Waals surface area contributed by atoms with E-state index in [9.17, 15) is 9.59 Å². The number of hydrogen-bond donors (Lipinski definition) is 3. The summed E-state index contributed by atoms with van der Waals surface area (Å²) in [7, 11) is 0. The number of aliphatic carboxylic acids is 1. The first-order valence-electron chi connectivity index (χ1n) is 5.83. The van der Waals surface area contributed by atoms with Crippen LogP contribution < -0.4 is 5.32 Å². The number of carboxylic acids is 1. The van der Waals surface area contributed by atoms with Gasteiger partial charge in [-0.25, -0.2) is 9.59 Å². The molecule has 0 aromatic rings. The Labute approximate surface area is 106 Å². The van der Waals surface area contributed by atoms with E-state index in [4.69, 9.17) is 14.9 Å². The van der Waals surface area contributed by atoms with Crippen molar-refractivity contribution in [1.29, 1.82) is 0 Å². The van der Waals surface area contributed by atoms with Gasteiger partial charge in [-0.15, -0.1) is 0 Å². The zero-order valence-corrected chi connectivity index (χ0v) is 10.8. The van der Waals surface area contributed by atoms with E-state index in [1.54, 1.807) is 4.90 Å². The smallest absolute Gasteiger partial charge is 0.334 e. The largest absolute Gasteiger partial charge is 0.479 e. The van der Waals surface area contributed by atoms with Gasteiger partial charge in [-0.1, -0.05) is 0 Å². The van der Waals surface area contributed by atoms with Crippen LogP contribution in [0, 0.1) is 0 Å². The molecule has 3 N–H and O–H groups in total. The molecule has 0 bridgehead atoms. The van der Waals surface area contributed by atoms with Crippen molar-refractivity contribution < 1.29 is 24.5 Å². The van der Waals surface area contributed by atoms with E-state index in [2.05, 4.69) is 5.32 Å². The number of nitrogens with zero attached hydrogens (tertiary/aromatic N) is 1. The number of carbonyl (C=O) groups is 2. The molecule has 2 amide bonds. The zero-order valence-electron chi connectivity index (χ0n) is 10.8. The van der Waals surface area contributed by atoms with Gasteiger partial charge in [-0.05, 0) is 20.8 Å². The van der Waals surface area contributed by atoms with Crippen molar-refractivity contribution >= 4 is 12.0 Å². The predicted molar refractivity (Wildman–Crippen MR) is 63.2 cm³/mol. The number of nitrogens with one attached hydrogen (secondary N) is 1. The fourth-order valence-corrected chi connectivity index (χ4v) is 1.99. The predicted octanol–water partition coefficient (Wildman–Crippen LogP) is -0.359. The standard InChI is InChI=1S/C11H20N2O5/c1-7-5-13(6-11(2,3)18-7)10(17)12-4-8(14)9(15)16/h7-8,14H,4-6H2,1-3H3,(H,12,17)(H,15,16)/t7?,8-/m0/s1. The number of morpholine rings is 1. The molecule has 0 aromatic carbocycles. The lowest BCUT2D eigenvalue weighted by molar-refractivity contribution is -0.146. The van der Waals surface area contributed by atoms with Gasteiger partial charge in [0.15, 0.2) is 6.10 Å². The van der Waals surface area contributed by atoms with Gasteiger partial charge in [-0.3, -0.25) is 0 Å². The molecule has 1 saturated heterocycles. The van der Waals surface area contributed by atoms with Crippen molar-refractivity contribution in [1.82, 2.24) is 10.2 Å². The van der Waals surface area contributed by atoms with Gasteiger partial charge in [0.1, 0.15) is 0 Å². The van der Waals surface area contributed by atoms with E-state index in [1.165, 1.54) is 0 Å². The van der Waals surface area contributed by atoms with E-state index in [-0.39, 0.29) is 12.6 Å². The molecule has 1 aliphatic rings. The van der Waals surface area contributed by atoms with Gasteiger partial charge < -0.3 is 25.2 Å². The molecular formula is C11H20N2O5. The summed E-state index contributed by atoms with van der Waals surface area (Å²) in [5.41, 5.74) is -0.430. The molecular weight excluding hydrogens is 240 g/mol. The molecule has 7 heteroatoms. The lowest BCUT2D eigenvalue weighted by Gasteiger charge is -2.41. The summed E-state index contributed by atoms with van der Waals surface area (Å²) >= 11 is 0. The van der Waals surface area contributed by atoms with Crippen LogP contribution in [0.2, 0.25) is 0 Å². The summed E-state index contributed by atoms with van der Waals surface area (Å²) in [6.07, 6.45) is -1.66. The Morgan fingerprint density at radius 2 is 2.17 bits per heavy atom. The number of ether oxygens (including phenoxy) is 1. The van der Waals surface area contributed by atoms with Gasteiger partial charge in [0.25, 0.3) is 0 Å². The molecule has 0 saturated carbocycles. The summed E-state index contributed by atoms with van der Waals surface area (Å²) in [6.45, 7) is 6.20. The van der Waals surface area contributed by atoms with Crippen molar-refractivity contribution in [3.8, 4) is 0 Å². The molecule has 1 aliphatic heterocycles. The van der Waals surface area contributed by atoms with Crippen molar-refractivity contribution in [3.63, 3.8) is 0 Å². The second-order valence-corrected chi connectivity index (χ2v) is 5.11. The summed E-state index contributed by atoms with van der Waals surface area (Å²) < 4.78 is 5.65. The first kappa shape index (κ1) is 14.7. The van der Waals surface area contributed by atoms with Crippen LogP contribution in [0.5, 0.6) is 0 Å². The van der Waals surface area contributed by atoms with Gasteiger partial charge in [0.2, 0.25) is 0 Å². The number of carbonyl (C=O) groups excluding carboxylic acids is 1. The summed E-state index contributed by atoms with van der Waals surface area (Å²) in [5, 5.41) is 20.0. The Morgan fingerprint density at radius 1 is 1.56 bits per heavy atom. The number of carboxylic acid groups (broad SMARTS) is 1. The third kappa shape index (κ3) is 4.15. The fraction of sp³-hybridized carbons (Fsp3) is 0.818. The SMILES string of the molecule is CC1CN(C(=O)NC[C@H](O)C(=O)O)CC(C)(C)O1. The quantitative estimate of drug-likeness (QED) is 0.643. The van der Waals surface area contributed by atoms with Gasteiger partial charge in [0.05, 0.1) is 24.8 Å². The molecule has 0 aromatic heterocycles. The molecule has 18 heavy (non-hydrogen) atoms. The first-order valence-corrected chi connectivity index (χ1v) is 5.83. The highest BCUT2D eigenvalue weighted by molar-refractivity contribution is 5.77. The first-order chi connectivity index (χ1) is 8.21. The van der Waals surface area contributed by atoms with Gasteiger partial charge in [-0.2, -0.15) is 0 Å². The topological polar surface area (TPSA) is 99.1 Å². The van der Waals surface area contributed by atoms with E-state index < -0.39 is 23.7 Å². The normalized spacial score (nSPS) is 24.4. The van der Waals surface area contributed by atoms with Crippen LogP contribution in [0.4, 0.5) is 4.79 Å². The van der Waals surface area contributed by atoms with Crippen LogP contribution in [0.15, 0.2) is 0 Å². The highest BCUT2D eigenvalue weighted by atomic mass is 16.5. The Morgan fingerprint density at radius 3 is 2.67 bits per heavy atom. The molecule has 2 atom stereocenters. The minimum Gasteiger partial charge on any atom is -0.479 e. The molecule has 1 unspecified atom stereocenters. The lowest BCUT2D eigenvalue weighted by Crippen LogP contribution is -2.57. The van der Waals surface area contributed by atoms with Gasteiger partial charge >= 0.3 is 12.0 Å². The number of rotatable bonds is 3. The highest BCUT2D eigenvalue weighted by Gasteiger charge is 2.33. The lowest BCUT2D eigenvalue weighted by atomic mass is 10.1. The summed E-state index contributed by atoms with van der Waals surface area (Å²) in [4.78, 5) is 23.8. The minimum atomic E-state index is -1.58. The number of urea groups is 1. The molecule has 1 rings (SSSR count). The van der Waals surface area contributed by atoms with Crippen LogP contribution in [-0.4, -0.2) is 64.6 Å². The number of amides is 2. The Balaban J connectivity index is 2.49. The zero-order chi connectivity index (χ0) is 13.9. The molecule has 1 heterocycles. The van der Waals surface area contributed by atoms with Crippen molar-refractivity contribution in [2.75, 3.05) is 19.6 Å².